The summed E-state index contributed by atoms with van der Waals surface area (Å²) < 4.78 is 0. The number of hydrazine groups is 1. The van der Waals surface area contributed by atoms with Gasteiger partial charge in [-0.25, -0.2) is 10.8 Å². The van der Waals surface area contributed by atoms with E-state index in [2.05, 4.69) is 34.6 Å². The Morgan fingerprint density at radius 1 is 1.40 bits per heavy atom. The summed E-state index contributed by atoms with van der Waals surface area (Å²) in [6.07, 6.45) is 4.24. The number of nitrogens with two attached hydrogens (primary N) is 1. The molecule has 1 fully saturated rings. The third-order valence-electron chi connectivity index (χ3n) is 4.03. The van der Waals surface area contributed by atoms with Gasteiger partial charge in [-0.3, -0.25) is 15.5 Å². The predicted octanol–water partition coefficient (Wildman–Crippen LogP) is 1.91. The van der Waals surface area contributed by atoms with Crippen molar-refractivity contribution in [3.05, 3.63) is 16.3 Å². The fraction of sp³-hybridized carbons (Fsp3) is 0.667. The average molecular weight is 280 g/mol. The molecular formula is C12H20N6O2. The van der Waals surface area contributed by atoms with Crippen molar-refractivity contribution in [3.63, 3.8) is 0 Å². The van der Waals surface area contributed by atoms with E-state index in [1.54, 1.807) is 0 Å². The number of hydrogen-bond acceptors (Lipinski definition) is 7. The van der Waals surface area contributed by atoms with E-state index in [0.717, 1.165) is 19.3 Å². The van der Waals surface area contributed by atoms with Crippen molar-refractivity contribution in [1.82, 2.24) is 9.97 Å². The molecule has 0 aromatic carbocycles. The van der Waals surface area contributed by atoms with Gasteiger partial charge in [-0.1, -0.05) is 13.8 Å². The topological polar surface area (TPSA) is 119 Å². The summed E-state index contributed by atoms with van der Waals surface area (Å²) >= 11 is 0. The molecule has 0 spiro atoms. The Balaban J connectivity index is 2.17. The average Bonchev–Trinajstić information content (AvgIpc) is 2.42. The molecule has 0 radical (unpaired) electrons. The second-order valence-electron chi connectivity index (χ2n) is 5.44. The molecule has 1 aliphatic carbocycles. The van der Waals surface area contributed by atoms with Gasteiger partial charge in [0.15, 0.2) is 0 Å². The number of nitrogens with one attached hydrogen (secondary N) is 2. The molecule has 2 rings (SSSR count). The number of rotatable bonds is 4. The molecule has 0 amide bonds. The summed E-state index contributed by atoms with van der Waals surface area (Å²) in [5, 5.41) is 14.2. The zero-order chi connectivity index (χ0) is 14.7. The van der Waals surface area contributed by atoms with E-state index in [4.69, 9.17) is 5.84 Å². The van der Waals surface area contributed by atoms with Crippen LogP contribution in [0.25, 0.3) is 0 Å². The van der Waals surface area contributed by atoms with Crippen LogP contribution in [0.2, 0.25) is 0 Å². The van der Waals surface area contributed by atoms with E-state index in [1.807, 2.05) is 0 Å². The fourth-order valence-corrected chi connectivity index (χ4v) is 2.56. The van der Waals surface area contributed by atoms with Gasteiger partial charge in [-0.2, -0.15) is 4.98 Å². The minimum Gasteiger partial charge on any atom is -0.361 e. The maximum atomic E-state index is 11.0. The number of aromatic nitrogens is 2. The molecule has 20 heavy (non-hydrogen) atoms. The molecule has 1 saturated carbocycles. The molecule has 0 saturated heterocycles. The molecule has 0 aliphatic heterocycles. The van der Waals surface area contributed by atoms with E-state index >= 15 is 0 Å². The Labute approximate surface area is 117 Å². The lowest BCUT2D eigenvalue weighted by Gasteiger charge is -2.32. The highest BCUT2D eigenvalue weighted by Crippen LogP contribution is 2.32. The van der Waals surface area contributed by atoms with E-state index in [1.165, 1.54) is 6.20 Å². The van der Waals surface area contributed by atoms with Gasteiger partial charge in [0, 0.05) is 6.04 Å². The van der Waals surface area contributed by atoms with Crippen LogP contribution in [0.4, 0.5) is 17.5 Å². The normalized spacial score (nSPS) is 26.1. The van der Waals surface area contributed by atoms with Gasteiger partial charge in [-0.15, -0.1) is 0 Å². The Morgan fingerprint density at radius 2 is 2.15 bits per heavy atom. The minimum absolute atomic E-state index is 0.129. The van der Waals surface area contributed by atoms with Crippen LogP contribution in [0.5, 0.6) is 0 Å². The third-order valence-corrected chi connectivity index (χ3v) is 4.03. The molecule has 8 nitrogen and oxygen atoms in total. The molecular weight excluding hydrogens is 260 g/mol. The van der Waals surface area contributed by atoms with Gasteiger partial charge in [-0.05, 0) is 31.1 Å². The first-order valence-corrected chi connectivity index (χ1v) is 6.75. The molecule has 1 aromatic heterocycles. The maximum Gasteiger partial charge on any atom is 0.329 e. The Hall–Kier alpha value is -1.96. The minimum atomic E-state index is -0.489. The smallest absolute Gasteiger partial charge is 0.329 e. The monoisotopic (exact) mass is 280 g/mol. The SMILES string of the molecule is CC1CCC(Nc2nc(NN)ncc2[N+](=O)[O-])CC1C. The van der Waals surface area contributed by atoms with Crippen molar-refractivity contribution in [2.45, 2.75) is 39.2 Å². The molecule has 3 atom stereocenters. The highest BCUT2D eigenvalue weighted by molar-refractivity contribution is 5.57. The maximum absolute atomic E-state index is 11.0. The van der Waals surface area contributed by atoms with Crippen LogP contribution in [0.15, 0.2) is 6.20 Å². The largest absolute Gasteiger partial charge is 0.361 e. The Bertz CT molecular complexity index is 495. The number of nitrogen functional groups attached to an aromatic ring is 1. The van der Waals surface area contributed by atoms with Crippen molar-refractivity contribution in [2.24, 2.45) is 17.7 Å². The second kappa shape index (κ2) is 6.00. The summed E-state index contributed by atoms with van der Waals surface area (Å²) in [6, 6.07) is 0.195. The van der Waals surface area contributed by atoms with Crippen molar-refractivity contribution in [2.75, 3.05) is 10.7 Å². The van der Waals surface area contributed by atoms with Gasteiger partial charge >= 0.3 is 5.69 Å². The van der Waals surface area contributed by atoms with Crippen molar-refractivity contribution in [1.29, 1.82) is 0 Å². The summed E-state index contributed by atoms with van der Waals surface area (Å²) in [4.78, 5) is 18.3. The van der Waals surface area contributed by atoms with E-state index in [0.29, 0.717) is 11.8 Å². The van der Waals surface area contributed by atoms with Gasteiger partial charge < -0.3 is 5.32 Å². The van der Waals surface area contributed by atoms with Crippen LogP contribution in [-0.4, -0.2) is 20.9 Å². The molecule has 110 valence electrons. The van der Waals surface area contributed by atoms with Crippen molar-refractivity contribution < 1.29 is 4.92 Å². The Morgan fingerprint density at radius 3 is 2.75 bits per heavy atom. The van der Waals surface area contributed by atoms with Crippen LogP contribution in [0.1, 0.15) is 33.1 Å². The molecule has 4 N–H and O–H groups in total. The Kier molecular flexibility index (Phi) is 4.33. The summed E-state index contributed by atoms with van der Waals surface area (Å²) in [5.41, 5.74) is 2.17. The number of anilines is 2. The molecule has 0 bridgehead atoms. The summed E-state index contributed by atoms with van der Waals surface area (Å²) in [6.45, 7) is 4.45. The zero-order valence-electron chi connectivity index (χ0n) is 11.7. The lowest BCUT2D eigenvalue weighted by molar-refractivity contribution is -0.384. The molecule has 1 aromatic rings. The quantitative estimate of drug-likeness (QED) is 0.437. The number of hydrogen-bond donors (Lipinski definition) is 3. The number of nitro groups is 1. The first kappa shape index (κ1) is 14.4. The molecule has 3 unspecified atom stereocenters. The van der Waals surface area contributed by atoms with E-state index < -0.39 is 4.92 Å². The van der Waals surface area contributed by atoms with Crippen molar-refractivity contribution in [3.8, 4) is 0 Å². The van der Waals surface area contributed by atoms with Crippen molar-refractivity contribution >= 4 is 17.5 Å². The molecule has 1 aliphatic rings. The first-order valence-electron chi connectivity index (χ1n) is 6.75. The predicted molar refractivity (Wildman–Crippen MR) is 76.1 cm³/mol. The van der Waals surface area contributed by atoms with Crippen LogP contribution < -0.4 is 16.6 Å². The highest BCUT2D eigenvalue weighted by Gasteiger charge is 2.27. The third kappa shape index (κ3) is 3.13. The van der Waals surface area contributed by atoms with Crippen LogP contribution in [0.3, 0.4) is 0 Å². The highest BCUT2D eigenvalue weighted by atomic mass is 16.6. The first-order chi connectivity index (χ1) is 9.51. The molecule has 8 heteroatoms. The zero-order valence-corrected chi connectivity index (χ0v) is 11.7. The standard InChI is InChI=1S/C12H20N6O2/c1-7-3-4-9(5-8(7)2)15-11-10(18(19)20)6-14-12(16-11)17-13/h6-9H,3-5,13H2,1-2H3,(H2,14,15,16,17). The van der Waals surface area contributed by atoms with Crippen LogP contribution in [0, 0.1) is 22.0 Å². The summed E-state index contributed by atoms with van der Waals surface area (Å²) in [5.74, 6) is 6.92. The lowest BCUT2D eigenvalue weighted by Crippen LogP contribution is -2.31. The van der Waals surface area contributed by atoms with Gasteiger partial charge in [0.25, 0.3) is 0 Å². The van der Waals surface area contributed by atoms with Gasteiger partial charge in [0.1, 0.15) is 6.20 Å². The lowest BCUT2D eigenvalue weighted by atomic mass is 9.79. The second-order valence-corrected chi connectivity index (χ2v) is 5.44. The van der Waals surface area contributed by atoms with Crippen LogP contribution >= 0.6 is 0 Å². The van der Waals surface area contributed by atoms with Gasteiger partial charge in [0.05, 0.1) is 4.92 Å². The number of nitrogens with zero attached hydrogens (tertiary/aromatic N) is 3. The summed E-state index contributed by atoms with van der Waals surface area (Å²) in [7, 11) is 0. The van der Waals surface area contributed by atoms with E-state index in [9.17, 15) is 10.1 Å². The fourth-order valence-electron chi connectivity index (χ4n) is 2.56. The van der Waals surface area contributed by atoms with Crippen LogP contribution in [-0.2, 0) is 0 Å². The van der Waals surface area contributed by atoms with Gasteiger partial charge in [0.2, 0.25) is 11.8 Å². The molecule has 1 heterocycles. The van der Waals surface area contributed by atoms with E-state index in [-0.39, 0.29) is 23.5 Å².